The molecule has 4 nitrogen and oxygen atoms in total. The second-order valence-corrected chi connectivity index (χ2v) is 7.93. The number of nitrogens with zero attached hydrogens (tertiary/aromatic N) is 2. The summed E-state index contributed by atoms with van der Waals surface area (Å²) in [5, 5.41) is 6.90. The topological polar surface area (TPSA) is 58.1 Å². The number of aromatic nitrogens is 2. The largest absolute Gasteiger partial charge is 0.284 e. The van der Waals surface area contributed by atoms with Gasteiger partial charge in [0.25, 0.3) is 0 Å². The quantitative estimate of drug-likeness (QED) is 0.906. The SMILES string of the molecule is CSC1=C2C=N[C@H](c3ccc(F)cc3)CC2=C(c2ccn[nH]2)S1=O. The van der Waals surface area contributed by atoms with E-state index in [1.54, 1.807) is 24.5 Å². The van der Waals surface area contributed by atoms with E-state index in [4.69, 9.17) is 0 Å². The van der Waals surface area contributed by atoms with Crippen molar-refractivity contribution in [1.29, 1.82) is 0 Å². The Labute approximate surface area is 145 Å². The fourth-order valence-electron chi connectivity index (χ4n) is 3.01. The number of aliphatic imine (C=N–C) groups is 1. The maximum Gasteiger partial charge on any atom is 0.123 e. The Morgan fingerprint density at radius 1 is 1.29 bits per heavy atom. The lowest BCUT2D eigenvalue weighted by molar-refractivity contribution is 0.624. The number of rotatable bonds is 3. The highest BCUT2D eigenvalue weighted by Gasteiger charge is 2.35. The van der Waals surface area contributed by atoms with Gasteiger partial charge in [0.05, 0.1) is 31.7 Å². The van der Waals surface area contributed by atoms with Crippen molar-refractivity contribution < 1.29 is 8.60 Å². The van der Waals surface area contributed by atoms with Crippen molar-refractivity contribution in [3.05, 3.63) is 69.0 Å². The van der Waals surface area contributed by atoms with Crippen molar-refractivity contribution in [1.82, 2.24) is 10.2 Å². The van der Waals surface area contributed by atoms with Gasteiger partial charge in [-0.15, -0.1) is 11.8 Å². The van der Waals surface area contributed by atoms with Gasteiger partial charge in [0.2, 0.25) is 0 Å². The van der Waals surface area contributed by atoms with E-state index in [0.29, 0.717) is 6.42 Å². The van der Waals surface area contributed by atoms with Gasteiger partial charge in [-0.1, -0.05) is 12.1 Å². The number of hydrogen-bond donors (Lipinski definition) is 1. The smallest absolute Gasteiger partial charge is 0.123 e. The minimum atomic E-state index is -1.22. The molecular formula is C17H14FN3OS2. The minimum Gasteiger partial charge on any atom is -0.284 e. The van der Waals surface area contributed by atoms with Crippen LogP contribution in [0.2, 0.25) is 0 Å². The first kappa shape index (κ1) is 15.5. The maximum absolute atomic E-state index is 13.2. The molecule has 1 N–H and O–H groups in total. The van der Waals surface area contributed by atoms with Crippen LogP contribution in [0.15, 0.2) is 56.9 Å². The third kappa shape index (κ3) is 2.48. The van der Waals surface area contributed by atoms with E-state index in [9.17, 15) is 8.60 Å². The molecule has 1 unspecified atom stereocenters. The van der Waals surface area contributed by atoms with Crippen LogP contribution in [0.5, 0.6) is 0 Å². The Bertz CT molecular complexity index is 898. The zero-order valence-electron chi connectivity index (χ0n) is 12.8. The van der Waals surface area contributed by atoms with Crippen molar-refractivity contribution in [2.75, 3.05) is 6.26 Å². The number of hydrogen-bond acceptors (Lipinski definition) is 4. The molecule has 7 heteroatoms. The highest BCUT2D eigenvalue weighted by Crippen LogP contribution is 2.47. The number of fused-ring (bicyclic) bond motifs is 1. The lowest BCUT2D eigenvalue weighted by Gasteiger charge is -2.20. The summed E-state index contributed by atoms with van der Waals surface area (Å²) < 4.78 is 26.9. The second kappa shape index (κ2) is 6.14. The van der Waals surface area contributed by atoms with Crippen LogP contribution in [-0.4, -0.2) is 26.9 Å². The molecule has 2 atom stereocenters. The fraction of sp³-hybridized carbons (Fsp3) is 0.176. The molecule has 0 amide bonds. The van der Waals surface area contributed by atoms with Crippen molar-refractivity contribution in [2.24, 2.45) is 4.99 Å². The van der Waals surface area contributed by atoms with Crippen LogP contribution < -0.4 is 0 Å². The molecule has 122 valence electrons. The molecule has 24 heavy (non-hydrogen) atoms. The summed E-state index contributed by atoms with van der Waals surface area (Å²) in [6.07, 6.45) is 6.03. The first-order valence-corrected chi connectivity index (χ1v) is 9.78. The second-order valence-electron chi connectivity index (χ2n) is 5.50. The maximum atomic E-state index is 13.2. The van der Waals surface area contributed by atoms with E-state index in [0.717, 1.165) is 31.5 Å². The van der Waals surface area contributed by atoms with E-state index < -0.39 is 10.8 Å². The molecule has 4 rings (SSSR count). The van der Waals surface area contributed by atoms with Crippen molar-refractivity contribution in [3.63, 3.8) is 0 Å². The summed E-state index contributed by atoms with van der Waals surface area (Å²) >= 11 is 1.49. The molecule has 2 aromatic rings. The number of halogens is 1. The average Bonchev–Trinajstić information content (AvgIpc) is 3.20. The van der Waals surface area contributed by atoms with Gasteiger partial charge in [-0.2, -0.15) is 5.10 Å². The lowest BCUT2D eigenvalue weighted by atomic mass is 9.92. The molecule has 1 aromatic heterocycles. The monoisotopic (exact) mass is 359 g/mol. The third-order valence-electron chi connectivity index (χ3n) is 4.14. The van der Waals surface area contributed by atoms with Crippen LogP contribution in [0.1, 0.15) is 23.7 Å². The Morgan fingerprint density at radius 3 is 2.75 bits per heavy atom. The van der Waals surface area contributed by atoms with Gasteiger partial charge in [0.15, 0.2) is 0 Å². The number of allylic oxidation sites excluding steroid dienone is 1. The third-order valence-corrected chi connectivity index (χ3v) is 7.08. The van der Waals surface area contributed by atoms with Gasteiger partial charge in [-0.3, -0.25) is 10.1 Å². The van der Waals surface area contributed by atoms with Crippen molar-refractivity contribution >= 4 is 33.7 Å². The van der Waals surface area contributed by atoms with Crippen LogP contribution in [0, 0.1) is 5.82 Å². The Morgan fingerprint density at radius 2 is 2.08 bits per heavy atom. The molecule has 3 heterocycles. The zero-order valence-corrected chi connectivity index (χ0v) is 14.5. The summed E-state index contributed by atoms with van der Waals surface area (Å²) in [6.45, 7) is 0. The molecule has 0 radical (unpaired) electrons. The molecule has 1 aromatic carbocycles. The molecule has 0 aliphatic carbocycles. The molecule has 0 spiro atoms. The van der Waals surface area contributed by atoms with E-state index in [1.807, 2.05) is 12.3 Å². The lowest BCUT2D eigenvalue weighted by Crippen LogP contribution is -2.07. The van der Waals surface area contributed by atoms with E-state index in [-0.39, 0.29) is 11.9 Å². The predicted octanol–water partition coefficient (Wildman–Crippen LogP) is 3.81. The zero-order chi connectivity index (χ0) is 16.7. The molecule has 0 saturated carbocycles. The molecular weight excluding hydrogens is 345 g/mol. The number of H-pyrrole nitrogens is 1. The van der Waals surface area contributed by atoms with E-state index in [2.05, 4.69) is 15.2 Å². The van der Waals surface area contributed by atoms with Gasteiger partial charge in [0.1, 0.15) is 5.82 Å². The Kier molecular flexibility index (Phi) is 3.97. The van der Waals surface area contributed by atoms with Gasteiger partial charge < -0.3 is 0 Å². The first-order valence-electron chi connectivity index (χ1n) is 7.41. The predicted molar refractivity (Wildman–Crippen MR) is 96.4 cm³/mol. The summed E-state index contributed by atoms with van der Waals surface area (Å²) in [4.78, 5) is 5.39. The highest BCUT2D eigenvalue weighted by atomic mass is 32.2. The van der Waals surface area contributed by atoms with E-state index >= 15 is 0 Å². The van der Waals surface area contributed by atoms with Gasteiger partial charge in [-0.05, 0) is 35.6 Å². The summed E-state index contributed by atoms with van der Waals surface area (Å²) in [5.41, 5.74) is 3.71. The molecule has 2 aliphatic rings. The normalized spacial score (nSPS) is 23.1. The van der Waals surface area contributed by atoms with Gasteiger partial charge >= 0.3 is 0 Å². The first-order chi connectivity index (χ1) is 11.7. The Hall–Kier alpha value is -1.99. The highest BCUT2D eigenvalue weighted by molar-refractivity contribution is 8.19. The number of aromatic amines is 1. The molecule has 0 bridgehead atoms. The van der Waals surface area contributed by atoms with E-state index in [1.165, 1.54) is 23.9 Å². The van der Waals surface area contributed by atoms with Crippen LogP contribution in [0.4, 0.5) is 4.39 Å². The average molecular weight is 359 g/mol. The summed E-state index contributed by atoms with van der Waals surface area (Å²) in [7, 11) is -1.22. The number of nitrogens with one attached hydrogen (secondary N) is 1. The van der Waals surface area contributed by atoms with Crippen LogP contribution in [0.3, 0.4) is 0 Å². The van der Waals surface area contributed by atoms with Crippen molar-refractivity contribution in [2.45, 2.75) is 12.5 Å². The fourth-order valence-corrected chi connectivity index (χ4v) is 5.56. The Balaban J connectivity index is 1.80. The molecule has 0 saturated heterocycles. The van der Waals surface area contributed by atoms with Crippen molar-refractivity contribution in [3.8, 4) is 0 Å². The summed E-state index contributed by atoms with van der Waals surface area (Å²) in [6, 6.07) is 8.13. The van der Waals surface area contributed by atoms with Gasteiger partial charge in [0, 0.05) is 24.4 Å². The standard InChI is InChI=1S/C17H14FN3OS2/c1-23-17-13-9-19-15(10-2-4-11(18)5-3-10)8-12(13)16(24(17)22)14-6-7-20-21-14/h2-7,9,15H,8H2,1H3,(H,20,21)/t15-,24?/m0/s1. The van der Waals surface area contributed by atoms with Crippen LogP contribution >= 0.6 is 11.8 Å². The number of thioether (sulfide) groups is 1. The van der Waals surface area contributed by atoms with Crippen LogP contribution in [-0.2, 0) is 10.8 Å². The number of benzene rings is 1. The minimum absolute atomic E-state index is 0.0968. The molecule has 0 fully saturated rings. The molecule has 2 aliphatic heterocycles. The van der Waals surface area contributed by atoms with Crippen LogP contribution in [0.25, 0.3) is 4.91 Å². The summed E-state index contributed by atoms with van der Waals surface area (Å²) in [5.74, 6) is -0.261. The van der Waals surface area contributed by atoms with Gasteiger partial charge in [-0.25, -0.2) is 8.60 Å².